The molecule has 6 N–H and O–H groups in total. The molecule has 1 amide bonds. The number of ether oxygens (including phenoxy) is 1. The molecule has 8 nitrogen and oxygen atoms in total. The summed E-state index contributed by atoms with van der Waals surface area (Å²) < 4.78 is 19.6. The number of carbonyl (C=O) groups is 2. The number of H-pyrrole nitrogens is 1. The van der Waals surface area contributed by atoms with Crippen molar-refractivity contribution in [1.82, 2.24) is 10.2 Å². The minimum absolute atomic E-state index is 0.0609. The van der Waals surface area contributed by atoms with Crippen LogP contribution in [-0.2, 0) is 11.2 Å². The van der Waals surface area contributed by atoms with E-state index in [4.69, 9.17) is 21.3 Å². The van der Waals surface area contributed by atoms with Crippen molar-refractivity contribution < 1.29 is 48.5 Å². The van der Waals surface area contributed by atoms with E-state index in [1.165, 1.54) is 7.11 Å². The zero-order valence-electron chi connectivity index (χ0n) is 11.3. The first-order valence-corrected chi connectivity index (χ1v) is 7.46. The Morgan fingerprint density at radius 2 is 2.18 bits per heavy atom. The zero-order chi connectivity index (χ0) is 16.6. The fourth-order valence-corrected chi connectivity index (χ4v) is 3.55. The van der Waals surface area contributed by atoms with Gasteiger partial charge in [-0.25, -0.2) is 0 Å². The van der Waals surface area contributed by atoms with E-state index in [1.807, 2.05) is 0 Å². The van der Waals surface area contributed by atoms with Crippen molar-refractivity contribution in [2.75, 3.05) is 7.11 Å². The Balaban J connectivity index is 2.76. The summed E-state index contributed by atoms with van der Waals surface area (Å²) >= 11 is 1.02. The molecule has 10 heteroatoms. The SMILES string of the molecule is COc1c(F)c(C(N)=O)c([At])c2c(CC(N)C(=O)O)[nH]nc12. The van der Waals surface area contributed by atoms with E-state index in [2.05, 4.69) is 10.2 Å². The van der Waals surface area contributed by atoms with Crippen molar-refractivity contribution in [2.24, 2.45) is 11.5 Å². The van der Waals surface area contributed by atoms with E-state index in [1.54, 1.807) is 0 Å². The summed E-state index contributed by atoms with van der Waals surface area (Å²) in [6.45, 7) is 0. The summed E-state index contributed by atoms with van der Waals surface area (Å²) in [6, 6.07) is -1.16. The third-order valence-electron chi connectivity index (χ3n) is 3.11. The number of nitrogens with two attached hydrogens (primary N) is 2. The summed E-state index contributed by atoms with van der Waals surface area (Å²) in [5.74, 6) is -3.24. The van der Waals surface area contributed by atoms with Crippen molar-refractivity contribution in [1.29, 1.82) is 0 Å². The fourth-order valence-electron chi connectivity index (χ4n) is 2.08. The summed E-state index contributed by atoms with van der Waals surface area (Å²) in [5.41, 5.74) is 11.0. The molecule has 0 spiro atoms. The number of rotatable bonds is 5. The number of carboxylic acid groups (broad SMARTS) is 1. The number of aliphatic carboxylic acids is 1. The number of carbonyl (C=O) groups excluding carboxylic acids is 1. The van der Waals surface area contributed by atoms with Gasteiger partial charge in [-0.3, -0.25) is 0 Å². The van der Waals surface area contributed by atoms with E-state index >= 15 is 0 Å². The number of hydrogen-bond donors (Lipinski definition) is 4. The molecule has 0 fully saturated rings. The topological polar surface area (TPSA) is 144 Å². The Morgan fingerprint density at radius 3 is 2.68 bits per heavy atom. The number of methoxy groups -OCH3 is 1. The number of aromatic nitrogens is 2. The molecule has 0 radical (unpaired) electrons. The van der Waals surface area contributed by atoms with Crippen molar-refractivity contribution in [3.05, 3.63) is 17.1 Å². The van der Waals surface area contributed by atoms with Gasteiger partial charge >= 0.3 is 139 Å². The maximum atomic E-state index is 14.3. The van der Waals surface area contributed by atoms with E-state index in [0.717, 1.165) is 24.7 Å². The molecular formula is C12H12AtFN4O4. The Kier molecular flexibility index (Phi) is 4.62. The molecule has 0 aliphatic carbocycles. The van der Waals surface area contributed by atoms with Gasteiger partial charge < -0.3 is 0 Å². The van der Waals surface area contributed by atoms with Crippen LogP contribution in [0, 0.1) is 30.5 Å². The molecular weight excluding hydrogens is 493 g/mol. The van der Waals surface area contributed by atoms with Gasteiger partial charge in [-0.1, -0.05) is 0 Å². The van der Waals surface area contributed by atoms with Crippen LogP contribution in [0.25, 0.3) is 10.9 Å². The van der Waals surface area contributed by atoms with Crippen LogP contribution in [0.1, 0.15) is 16.1 Å². The van der Waals surface area contributed by atoms with Crippen LogP contribution in [0.4, 0.5) is 4.39 Å². The third kappa shape index (κ3) is 2.64. The molecule has 1 unspecified atom stereocenters. The standard InChI is InChI=1S/C12H12AtFN4O4/c1-22-10-8(14)6(11(16)19)7(13)5-4(17-18-9(5)10)2-3(15)12(20)21/h3H,2,15H2,1H3,(H2,16,19)(H,17,18)(H,20,21). The Morgan fingerprint density at radius 1 is 1.55 bits per heavy atom. The normalized spacial score (nSPS) is 12.4. The first-order chi connectivity index (χ1) is 10.3. The summed E-state index contributed by atoms with van der Waals surface area (Å²) in [6.07, 6.45) is -0.0609. The number of amides is 1. The van der Waals surface area contributed by atoms with Crippen LogP contribution >= 0.6 is 0 Å². The molecule has 1 atom stereocenters. The first kappa shape index (κ1) is 16.6. The predicted octanol–water partition coefficient (Wildman–Crippen LogP) is -1.06. The van der Waals surface area contributed by atoms with Gasteiger partial charge in [-0.05, 0) is 0 Å². The number of hydrogen-bond acceptors (Lipinski definition) is 5. The van der Waals surface area contributed by atoms with Gasteiger partial charge in [-0.2, -0.15) is 0 Å². The van der Waals surface area contributed by atoms with E-state index in [0.29, 0.717) is 14.4 Å². The van der Waals surface area contributed by atoms with Crippen LogP contribution in [0.2, 0.25) is 0 Å². The molecule has 1 aromatic heterocycles. The number of carboxylic acids is 1. The fraction of sp³-hybridized carbons (Fsp3) is 0.250. The average Bonchev–Trinajstić information content (AvgIpc) is 2.82. The summed E-state index contributed by atoms with van der Waals surface area (Å²) in [4.78, 5) is 22.4. The second kappa shape index (κ2) is 6.14. The monoisotopic (exact) mass is 505 g/mol. The minimum atomic E-state index is -1.19. The number of aromatic amines is 1. The molecule has 0 saturated carbocycles. The van der Waals surface area contributed by atoms with Gasteiger partial charge in [0.15, 0.2) is 0 Å². The molecule has 0 saturated heterocycles. The molecule has 0 aliphatic rings. The number of nitrogens with zero attached hydrogens (tertiary/aromatic N) is 1. The zero-order valence-corrected chi connectivity index (χ0v) is 14.3. The van der Waals surface area contributed by atoms with Crippen molar-refractivity contribution in [3.63, 3.8) is 0 Å². The number of fused-ring (bicyclic) bond motifs is 1. The summed E-state index contributed by atoms with van der Waals surface area (Å²) in [7, 11) is 1.24. The summed E-state index contributed by atoms with van der Waals surface area (Å²) in [5, 5.41) is 15.9. The van der Waals surface area contributed by atoms with Gasteiger partial charge in [0.25, 0.3) is 0 Å². The predicted molar refractivity (Wildman–Crippen MR) is 70.1 cm³/mol. The first-order valence-electron chi connectivity index (χ1n) is 5.99. The van der Waals surface area contributed by atoms with E-state index < -0.39 is 23.7 Å². The van der Waals surface area contributed by atoms with Crippen LogP contribution in [0.5, 0.6) is 5.75 Å². The third-order valence-corrected chi connectivity index (χ3v) is 4.58. The van der Waals surface area contributed by atoms with Crippen LogP contribution < -0.4 is 19.5 Å². The van der Waals surface area contributed by atoms with Crippen LogP contribution in [-0.4, -0.2) is 40.3 Å². The van der Waals surface area contributed by atoms with Gasteiger partial charge in [0.1, 0.15) is 0 Å². The maximum absolute atomic E-state index is 14.3. The number of primary amides is 1. The molecule has 1 aromatic carbocycles. The van der Waals surface area contributed by atoms with Gasteiger partial charge in [0.05, 0.1) is 0 Å². The number of halogens is 1. The van der Waals surface area contributed by atoms with Crippen LogP contribution in [0.15, 0.2) is 0 Å². The van der Waals surface area contributed by atoms with Gasteiger partial charge in [-0.15, -0.1) is 0 Å². The molecule has 22 heavy (non-hydrogen) atoms. The molecule has 2 rings (SSSR count). The van der Waals surface area contributed by atoms with Crippen LogP contribution in [0.3, 0.4) is 0 Å². The molecule has 0 aliphatic heterocycles. The Labute approximate surface area is 138 Å². The van der Waals surface area contributed by atoms with Gasteiger partial charge in [0.2, 0.25) is 0 Å². The Bertz CT molecular complexity index is 776. The number of nitrogens with one attached hydrogen (secondary N) is 1. The molecule has 0 bridgehead atoms. The second-order valence-corrected chi connectivity index (χ2v) is 5.94. The van der Waals surface area contributed by atoms with E-state index in [9.17, 15) is 14.0 Å². The quantitative estimate of drug-likeness (QED) is 0.408. The molecule has 1 heterocycles. The number of benzene rings is 1. The molecule has 2 aromatic rings. The average molecular weight is 505 g/mol. The Hall–Kier alpha value is -1.80. The molecule has 118 valence electrons. The van der Waals surface area contributed by atoms with Crippen molar-refractivity contribution in [3.8, 4) is 5.75 Å². The van der Waals surface area contributed by atoms with Crippen molar-refractivity contribution >= 4 is 26.1 Å². The van der Waals surface area contributed by atoms with E-state index in [-0.39, 0.29) is 23.3 Å². The second-order valence-electron chi connectivity index (χ2n) is 4.48. The van der Waals surface area contributed by atoms with Gasteiger partial charge in [0, 0.05) is 0 Å². The van der Waals surface area contributed by atoms with Crippen molar-refractivity contribution in [2.45, 2.75) is 12.5 Å².